The highest BCUT2D eigenvalue weighted by molar-refractivity contribution is 5.78. The maximum absolute atomic E-state index is 13.2. The number of hydrogen-bond acceptors (Lipinski definition) is 5. The van der Waals surface area contributed by atoms with Crippen molar-refractivity contribution in [1.29, 1.82) is 0 Å². The van der Waals surface area contributed by atoms with E-state index in [0.29, 0.717) is 19.3 Å². The van der Waals surface area contributed by atoms with Crippen LogP contribution in [-0.2, 0) is 14.3 Å². The Bertz CT molecular complexity index is 1190. The van der Waals surface area contributed by atoms with Crippen LogP contribution in [0.5, 0.6) is 0 Å². The third-order valence-electron chi connectivity index (χ3n) is 13.1. The molecule has 0 fully saturated rings. The molecule has 0 aliphatic rings. The maximum atomic E-state index is 13.2. The second-order valence-corrected chi connectivity index (χ2v) is 19.7. The predicted molar refractivity (Wildman–Crippen MR) is 292 cm³/mol. The van der Waals surface area contributed by atoms with Crippen LogP contribution in [0.1, 0.15) is 290 Å². The SMILES string of the molecule is CC/C=C/C/C=C/C/C=C/C/C=C/C/C=C/C(CC(=O)NC(CO)C(O)CCCCCCCCCCCCCCCCC)OC(=O)CCCCCCCCCCCCCCCCCCCCC. The molecule has 0 aliphatic heterocycles. The number of nitrogens with one attached hydrogen (secondary N) is 1. The van der Waals surface area contributed by atoms with E-state index in [1.807, 2.05) is 12.2 Å². The molecule has 0 spiro atoms. The first-order valence-electron chi connectivity index (χ1n) is 29.0. The number of amides is 1. The van der Waals surface area contributed by atoms with Crippen LogP contribution in [0.2, 0.25) is 0 Å². The fourth-order valence-electron chi connectivity index (χ4n) is 8.75. The summed E-state index contributed by atoms with van der Waals surface area (Å²) in [6.07, 6.45) is 69.0. The van der Waals surface area contributed by atoms with Crippen LogP contribution in [0.25, 0.3) is 0 Å². The van der Waals surface area contributed by atoms with E-state index in [1.54, 1.807) is 0 Å². The number of aliphatic hydroxyl groups is 2. The largest absolute Gasteiger partial charge is 0.458 e. The Hall–Kier alpha value is -2.44. The number of unbranched alkanes of at least 4 members (excludes halogenated alkanes) is 32. The predicted octanol–water partition coefficient (Wildman–Crippen LogP) is 18.0. The minimum Gasteiger partial charge on any atom is -0.458 e. The van der Waals surface area contributed by atoms with Crippen molar-refractivity contribution >= 4 is 11.9 Å². The number of rotatable bonds is 52. The first-order chi connectivity index (χ1) is 33.0. The van der Waals surface area contributed by atoms with Crippen molar-refractivity contribution in [1.82, 2.24) is 5.32 Å². The molecule has 0 aromatic heterocycles. The van der Waals surface area contributed by atoms with Crippen molar-refractivity contribution in [3.05, 3.63) is 60.8 Å². The van der Waals surface area contributed by atoms with E-state index in [-0.39, 0.29) is 24.9 Å². The summed E-state index contributed by atoms with van der Waals surface area (Å²) in [6, 6.07) is -0.742. The summed E-state index contributed by atoms with van der Waals surface area (Å²) < 4.78 is 5.85. The van der Waals surface area contributed by atoms with E-state index >= 15 is 0 Å². The summed E-state index contributed by atoms with van der Waals surface area (Å²) in [5.74, 6) is -0.617. The van der Waals surface area contributed by atoms with E-state index in [4.69, 9.17) is 4.74 Å². The number of carbonyl (C=O) groups excluding carboxylic acids is 2. The van der Waals surface area contributed by atoms with Crippen LogP contribution >= 0.6 is 0 Å². The third kappa shape index (κ3) is 49.8. The van der Waals surface area contributed by atoms with Gasteiger partial charge in [0.05, 0.1) is 25.2 Å². The van der Waals surface area contributed by atoms with Crippen LogP contribution in [0.15, 0.2) is 60.8 Å². The smallest absolute Gasteiger partial charge is 0.306 e. The van der Waals surface area contributed by atoms with E-state index in [0.717, 1.165) is 64.2 Å². The first kappa shape index (κ1) is 64.6. The quantitative estimate of drug-likeness (QED) is 0.0321. The summed E-state index contributed by atoms with van der Waals surface area (Å²) in [4.78, 5) is 26.2. The van der Waals surface area contributed by atoms with Gasteiger partial charge >= 0.3 is 5.97 Å². The molecule has 0 saturated heterocycles. The molecular formula is C61H111NO5. The molecule has 0 rings (SSSR count). The average molecular weight is 939 g/mol. The Labute approximate surface area is 416 Å². The fraction of sp³-hybridized carbons (Fsp3) is 0.803. The average Bonchev–Trinajstić information content (AvgIpc) is 3.32. The number of aliphatic hydroxyl groups excluding tert-OH is 2. The Kier molecular flexibility index (Phi) is 52.5. The molecule has 0 bridgehead atoms. The minimum atomic E-state index is -0.819. The van der Waals surface area contributed by atoms with Gasteiger partial charge in [0, 0.05) is 6.42 Å². The molecule has 6 nitrogen and oxygen atoms in total. The zero-order valence-electron chi connectivity index (χ0n) is 44.5. The fourth-order valence-corrected chi connectivity index (χ4v) is 8.75. The number of ether oxygens (including phenoxy) is 1. The molecule has 0 heterocycles. The molecule has 3 unspecified atom stereocenters. The van der Waals surface area contributed by atoms with E-state index in [9.17, 15) is 19.8 Å². The second-order valence-electron chi connectivity index (χ2n) is 19.7. The highest BCUT2D eigenvalue weighted by atomic mass is 16.5. The molecule has 0 saturated carbocycles. The molecule has 0 radical (unpaired) electrons. The van der Waals surface area contributed by atoms with Gasteiger partial charge < -0.3 is 20.3 Å². The molecule has 0 aliphatic carbocycles. The van der Waals surface area contributed by atoms with Crippen LogP contribution in [-0.4, -0.2) is 46.9 Å². The van der Waals surface area contributed by atoms with Gasteiger partial charge in [-0.05, 0) is 51.0 Å². The van der Waals surface area contributed by atoms with E-state index in [1.165, 1.54) is 180 Å². The van der Waals surface area contributed by atoms with Gasteiger partial charge in [-0.25, -0.2) is 0 Å². The number of esters is 1. The molecule has 6 heteroatoms. The number of allylic oxidation sites excluding steroid dienone is 9. The summed E-state index contributed by atoms with van der Waals surface area (Å²) in [7, 11) is 0. The maximum Gasteiger partial charge on any atom is 0.306 e. The molecule has 1 amide bonds. The van der Waals surface area contributed by atoms with Crippen molar-refractivity contribution in [3.8, 4) is 0 Å². The van der Waals surface area contributed by atoms with Crippen LogP contribution in [0, 0.1) is 0 Å². The van der Waals surface area contributed by atoms with Crippen molar-refractivity contribution in [2.24, 2.45) is 0 Å². The highest BCUT2D eigenvalue weighted by Crippen LogP contribution is 2.17. The van der Waals surface area contributed by atoms with Crippen molar-refractivity contribution in [2.45, 2.75) is 309 Å². The van der Waals surface area contributed by atoms with Crippen LogP contribution in [0.4, 0.5) is 0 Å². The van der Waals surface area contributed by atoms with Gasteiger partial charge in [-0.2, -0.15) is 0 Å². The van der Waals surface area contributed by atoms with Gasteiger partial charge in [0.2, 0.25) is 5.91 Å². The Morgan fingerprint density at radius 3 is 1.13 bits per heavy atom. The second kappa shape index (κ2) is 54.5. The van der Waals surface area contributed by atoms with E-state index < -0.39 is 18.2 Å². The number of hydrogen-bond donors (Lipinski definition) is 3. The Balaban J connectivity index is 4.60. The third-order valence-corrected chi connectivity index (χ3v) is 13.1. The normalized spacial score (nSPS) is 13.6. The summed E-state index contributed by atoms with van der Waals surface area (Å²) in [6.45, 7) is 6.37. The topological polar surface area (TPSA) is 95.9 Å². The molecular weight excluding hydrogens is 827 g/mol. The van der Waals surface area contributed by atoms with Crippen LogP contribution in [0.3, 0.4) is 0 Å². The van der Waals surface area contributed by atoms with Gasteiger partial charge in [-0.1, -0.05) is 287 Å². The van der Waals surface area contributed by atoms with Gasteiger partial charge in [0.1, 0.15) is 6.10 Å². The Morgan fingerprint density at radius 2 is 0.776 bits per heavy atom. The summed E-state index contributed by atoms with van der Waals surface area (Å²) in [5.41, 5.74) is 0. The van der Waals surface area contributed by atoms with Crippen LogP contribution < -0.4 is 5.32 Å². The van der Waals surface area contributed by atoms with Gasteiger partial charge in [-0.15, -0.1) is 0 Å². The minimum absolute atomic E-state index is 0.0438. The first-order valence-corrected chi connectivity index (χ1v) is 29.0. The van der Waals surface area contributed by atoms with Gasteiger partial charge in [0.15, 0.2) is 0 Å². The highest BCUT2D eigenvalue weighted by Gasteiger charge is 2.23. The standard InChI is InChI=1S/C61H111NO5/c1-4-7-10-13-16-19-22-25-28-29-30-31-33-36-39-42-45-48-51-54-61(66)67-57(52-49-46-43-40-37-34-27-24-21-18-15-12-9-6-3)55-60(65)62-58(56-63)59(64)53-50-47-44-41-38-35-32-26-23-20-17-14-11-8-5-2/h9,12,18,21,27,34,40,43,49,52,57-59,63-64H,4-8,10-11,13-17,19-20,22-26,28-33,35-39,41-42,44-48,50-51,53-56H2,1-3H3,(H,62,65)/b12-9+,21-18+,34-27+,43-40+,52-49+. The zero-order chi connectivity index (χ0) is 48.8. The van der Waals surface area contributed by atoms with Gasteiger partial charge in [-0.3, -0.25) is 9.59 Å². The lowest BCUT2D eigenvalue weighted by Crippen LogP contribution is -2.46. The zero-order valence-corrected chi connectivity index (χ0v) is 44.5. The molecule has 0 aromatic rings. The Morgan fingerprint density at radius 1 is 0.448 bits per heavy atom. The van der Waals surface area contributed by atoms with Crippen molar-refractivity contribution in [2.75, 3.05) is 6.61 Å². The molecule has 0 aromatic carbocycles. The lowest BCUT2D eigenvalue weighted by molar-refractivity contribution is -0.148. The van der Waals surface area contributed by atoms with Gasteiger partial charge in [0.25, 0.3) is 0 Å². The monoisotopic (exact) mass is 938 g/mol. The lowest BCUT2D eigenvalue weighted by atomic mass is 10.0. The molecule has 67 heavy (non-hydrogen) atoms. The molecule has 3 N–H and O–H groups in total. The molecule has 3 atom stereocenters. The summed E-state index contributed by atoms with van der Waals surface area (Å²) in [5, 5.41) is 23.8. The van der Waals surface area contributed by atoms with Crippen molar-refractivity contribution in [3.63, 3.8) is 0 Å². The molecule has 390 valence electrons. The number of carbonyl (C=O) groups is 2. The van der Waals surface area contributed by atoms with E-state index in [2.05, 4.69) is 74.7 Å². The lowest BCUT2D eigenvalue weighted by Gasteiger charge is -2.23. The summed E-state index contributed by atoms with van der Waals surface area (Å²) >= 11 is 0. The van der Waals surface area contributed by atoms with Crippen molar-refractivity contribution < 1.29 is 24.5 Å².